The molecule has 3 aliphatic heterocycles. The number of carbonyl (C=O) groups excluding carboxylic acids is 1. The molecule has 0 aliphatic carbocycles. The topological polar surface area (TPSA) is 111 Å². The standard InChI is InChI=1S/C27H34F2N8O4/c1-27(2,3)41-26(38)35-12-10-34(11-13-35)23-31-24(36-14-16-8-9-17(15-36)40-16)33-25(32-23)37-18-6-5-7-19(39-4)20(18)30-22(37)21(28)29/h5-7,16-17,21H,8-15H2,1-4H3. The summed E-state index contributed by atoms with van der Waals surface area (Å²) in [7, 11) is 1.47. The maximum absolute atomic E-state index is 14.4. The number of carbonyl (C=O) groups is 1. The fraction of sp³-hybridized carbons (Fsp3) is 0.593. The van der Waals surface area contributed by atoms with Crippen LogP contribution in [0.5, 0.6) is 5.75 Å². The van der Waals surface area contributed by atoms with Gasteiger partial charge < -0.3 is 28.9 Å². The van der Waals surface area contributed by atoms with Crippen LogP contribution in [0.2, 0.25) is 0 Å². The number of rotatable bonds is 5. The molecule has 5 heterocycles. The van der Waals surface area contributed by atoms with Gasteiger partial charge in [0.25, 0.3) is 6.43 Å². The molecule has 0 radical (unpaired) electrons. The van der Waals surface area contributed by atoms with Crippen molar-refractivity contribution in [2.45, 2.75) is 57.8 Å². The molecule has 2 unspecified atom stereocenters. The van der Waals surface area contributed by atoms with E-state index in [1.165, 1.54) is 11.7 Å². The summed E-state index contributed by atoms with van der Waals surface area (Å²) in [4.78, 5) is 36.6. The number of imidazole rings is 1. The maximum atomic E-state index is 14.4. The van der Waals surface area contributed by atoms with Gasteiger partial charge in [0.05, 0.1) is 24.8 Å². The van der Waals surface area contributed by atoms with Crippen molar-refractivity contribution < 1.29 is 27.8 Å². The molecular formula is C27H34F2N8O4. The number of piperazine rings is 1. The van der Waals surface area contributed by atoms with Crippen molar-refractivity contribution in [1.82, 2.24) is 29.4 Å². The number of nitrogens with zero attached hydrogens (tertiary/aromatic N) is 8. The number of morpholine rings is 1. The molecule has 0 spiro atoms. The Hall–Kier alpha value is -3.81. The van der Waals surface area contributed by atoms with E-state index in [-0.39, 0.29) is 24.2 Å². The highest BCUT2D eigenvalue weighted by atomic mass is 19.3. The number of anilines is 2. The molecule has 3 aliphatic rings. The van der Waals surface area contributed by atoms with Crippen LogP contribution in [0.1, 0.15) is 45.9 Å². The van der Waals surface area contributed by atoms with Gasteiger partial charge in [-0.15, -0.1) is 0 Å². The molecule has 12 nitrogen and oxygen atoms in total. The molecule has 2 bridgehead atoms. The molecule has 41 heavy (non-hydrogen) atoms. The summed E-state index contributed by atoms with van der Waals surface area (Å²) in [6.07, 6.45) is -1.19. The summed E-state index contributed by atoms with van der Waals surface area (Å²) in [5.74, 6) is 0.678. The van der Waals surface area contributed by atoms with Gasteiger partial charge in [-0.25, -0.2) is 18.6 Å². The van der Waals surface area contributed by atoms with Crippen LogP contribution in [0.15, 0.2) is 18.2 Å². The van der Waals surface area contributed by atoms with Crippen molar-refractivity contribution in [2.24, 2.45) is 0 Å². The van der Waals surface area contributed by atoms with Crippen molar-refractivity contribution in [2.75, 3.05) is 56.2 Å². The van der Waals surface area contributed by atoms with E-state index in [0.717, 1.165) is 12.8 Å². The normalized spacial score (nSPS) is 21.2. The van der Waals surface area contributed by atoms with Gasteiger partial charge >= 0.3 is 6.09 Å². The Morgan fingerprint density at radius 2 is 1.59 bits per heavy atom. The van der Waals surface area contributed by atoms with Gasteiger partial charge in [0, 0.05) is 39.3 Å². The molecule has 3 saturated heterocycles. The van der Waals surface area contributed by atoms with E-state index in [4.69, 9.17) is 24.2 Å². The lowest BCUT2D eigenvalue weighted by molar-refractivity contribution is 0.0240. The van der Waals surface area contributed by atoms with Gasteiger partial charge in [0.1, 0.15) is 16.9 Å². The number of hydrogen-bond acceptors (Lipinski definition) is 10. The number of hydrogen-bond donors (Lipinski definition) is 0. The third kappa shape index (κ3) is 5.44. The summed E-state index contributed by atoms with van der Waals surface area (Å²) in [5.41, 5.74) is 0.103. The lowest BCUT2D eigenvalue weighted by Crippen LogP contribution is -2.50. The summed E-state index contributed by atoms with van der Waals surface area (Å²) >= 11 is 0. The third-order valence-corrected chi connectivity index (χ3v) is 7.43. The minimum absolute atomic E-state index is 0.0458. The van der Waals surface area contributed by atoms with E-state index in [2.05, 4.69) is 9.97 Å². The number of aromatic nitrogens is 5. The van der Waals surface area contributed by atoms with Crippen LogP contribution in [-0.2, 0) is 9.47 Å². The van der Waals surface area contributed by atoms with Crippen molar-refractivity contribution in [1.29, 1.82) is 0 Å². The van der Waals surface area contributed by atoms with E-state index in [0.29, 0.717) is 67.9 Å². The molecular weight excluding hydrogens is 538 g/mol. The zero-order valence-corrected chi connectivity index (χ0v) is 23.6. The molecule has 2 aromatic heterocycles. The zero-order valence-electron chi connectivity index (χ0n) is 23.6. The molecule has 3 fully saturated rings. The van der Waals surface area contributed by atoms with Crippen molar-refractivity contribution >= 4 is 29.0 Å². The van der Waals surface area contributed by atoms with Gasteiger partial charge in [-0.05, 0) is 45.7 Å². The Kier molecular flexibility index (Phi) is 7.04. The first-order valence-corrected chi connectivity index (χ1v) is 13.8. The molecule has 1 aromatic carbocycles. The molecule has 0 saturated carbocycles. The van der Waals surface area contributed by atoms with Crippen LogP contribution < -0.4 is 14.5 Å². The van der Waals surface area contributed by atoms with Crippen LogP contribution in [0.3, 0.4) is 0 Å². The molecule has 1 amide bonds. The second-order valence-corrected chi connectivity index (χ2v) is 11.5. The van der Waals surface area contributed by atoms with Crippen LogP contribution in [0.25, 0.3) is 17.0 Å². The number of alkyl halides is 2. The van der Waals surface area contributed by atoms with Crippen LogP contribution in [0, 0.1) is 0 Å². The third-order valence-electron chi connectivity index (χ3n) is 7.43. The summed E-state index contributed by atoms with van der Waals surface area (Å²) in [6, 6.07) is 5.08. The van der Waals surface area contributed by atoms with Gasteiger partial charge in [-0.1, -0.05) is 6.07 Å². The lowest BCUT2D eigenvalue weighted by atomic mass is 10.2. The van der Waals surface area contributed by atoms with Crippen LogP contribution in [0.4, 0.5) is 25.5 Å². The number of halogens is 2. The Balaban J connectivity index is 1.39. The summed E-state index contributed by atoms with van der Waals surface area (Å²) < 4.78 is 46.9. The highest BCUT2D eigenvalue weighted by Crippen LogP contribution is 2.34. The van der Waals surface area contributed by atoms with E-state index >= 15 is 0 Å². The first-order chi connectivity index (χ1) is 19.6. The minimum Gasteiger partial charge on any atom is -0.494 e. The van der Waals surface area contributed by atoms with Gasteiger partial charge in [-0.2, -0.15) is 15.0 Å². The number of ether oxygens (including phenoxy) is 3. The minimum atomic E-state index is -2.88. The SMILES string of the molecule is COc1cccc2c1nc(C(F)F)n2-c1nc(N2CCN(C(=O)OC(C)(C)C)CC2)nc(N2CC3CCC(C2)O3)n1. The van der Waals surface area contributed by atoms with Gasteiger partial charge in [0.2, 0.25) is 17.8 Å². The number of fused-ring (bicyclic) bond motifs is 3. The summed E-state index contributed by atoms with van der Waals surface area (Å²) in [5, 5.41) is 0. The summed E-state index contributed by atoms with van der Waals surface area (Å²) in [6.45, 7) is 8.38. The van der Waals surface area contributed by atoms with E-state index in [9.17, 15) is 13.6 Å². The number of amides is 1. The van der Waals surface area contributed by atoms with E-state index in [1.54, 1.807) is 23.1 Å². The molecule has 2 atom stereocenters. The lowest BCUT2D eigenvalue weighted by Gasteiger charge is -2.36. The Morgan fingerprint density at radius 1 is 0.951 bits per heavy atom. The zero-order chi connectivity index (χ0) is 28.9. The highest BCUT2D eigenvalue weighted by Gasteiger charge is 2.36. The first-order valence-electron chi connectivity index (χ1n) is 13.8. The van der Waals surface area contributed by atoms with Crippen molar-refractivity contribution in [3.63, 3.8) is 0 Å². The average Bonchev–Trinajstić information content (AvgIpc) is 3.51. The molecule has 14 heteroatoms. The second kappa shape index (κ2) is 10.5. The van der Waals surface area contributed by atoms with E-state index < -0.39 is 17.9 Å². The Bertz CT molecular complexity index is 1420. The fourth-order valence-corrected chi connectivity index (χ4v) is 5.53. The smallest absolute Gasteiger partial charge is 0.410 e. The predicted octanol–water partition coefficient (Wildman–Crippen LogP) is 3.58. The number of methoxy groups -OCH3 is 1. The van der Waals surface area contributed by atoms with Crippen LogP contribution in [-0.4, -0.2) is 99.7 Å². The Morgan fingerprint density at radius 3 is 2.20 bits per heavy atom. The average molecular weight is 573 g/mol. The maximum Gasteiger partial charge on any atom is 0.410 e. The molecule has 0 N–H and O–H groups in total. The van der Waals surface area contributed by atoms with Gasteiger partial charge in [0.15, 0.2) is 5.82 Å². The van der Waals surface area contributed by atoms with E-state index in [1.807, 2.05) is 30.6 Å². The molecule has 220 valence electrons. The molecule has 6 rings (SSSR count). The predicted molar refractivity (Wildman–Crippen MR) is 146 cm³/mol. The monoisotopic (exact) mass is 572 g/mol. The van der Waals surface area contributed by atoms with Crippen molar-refractivity contribution in [3.8, 4) is 11.7 Å². The number of para-hydroxylation sites is 1. The first kappa shape index (κ1) is 27.4. The molecule has 3 aromatic rings. The second-order valence-electron chi connectivity index (χ2n) is 11.5. The van der Waals surface area contributed by atoms with Gasteiger partial charge in [-0.3, -0.25) is 4.57 Å². The quantitative estimate of drug-likeness (QED) is 0.450. The Labute approximate surface area is 236 Å². The largest absolute Gasteiger partial charge is 0.494 e. The highest BCUT2D eigenvalue weighted by molar-refractivity contribution is 5.84. The van der Waals surface area contributed by atoms with Crippen molar-refractivity contribution in [3.05, 3.63) is 24.0 Å². The number of benzene rings is 1. The van der Waals surface area contributed by atoms with Crippen LogP contribution >= 0.6 is 0 Å². The fourth-order valence-electron chi connectivity index (χ4n) is 5.53.